The van der Waals surface area contributed by atoms with Gasteiger partial charge < -0.3 is 15.7 Å². The first-order valence-electron chi connectivity index (χ1n) is 7.74. The van der Waals surface area contributed by atoms with Gasteiger partial charge >= 0.3 is 12.2 Å². The van der Waals surface area contributed by atoms with Gasteiger partial charge in [-0.25, -0.2) is 4.79 Å². The topological polar surface area (TPSA) is 61.4 Å². The van der Waals surface area contributed by atoms with Crippen molar-refractivity contribution in [3.8, 4) is 0 Å². The molecule has 2 amide bonds. The van der Waals surface area contributed by atoms with Gasteiger partial charge in [0.05, 0.1) is 11.3 Å². The minimum Gasteiger partial charge on any atom is -0.396 e. The van der Waals surface area contributed by atoms with Crippen LogP contribution >= 0.6 is 0 Å². The summed E-state index contributed by atoms with van der Waals surface area (Å²) in [6.07, 6.45) is -1.52. The summed E-state index contributed by atoms with van der Waals surface area (Å²) < 4.78 is 38.8. The second-order valence-electron chi connectivity index (χ2n) is 6.35. The van der Waals surface area contributed by atoms with E-state index in [9.17, 15) is 23.1 Å². The van der Waals surface area contributed by atoms with Gasteiger partial charge in [-0.05, 0) is 43.2 Å². The number of benzene rings is 1. The zero-order valence-electron chi connectivity index (χ0n) is 12.4. The number of hydrogen-bond acceptors (Lipinski definition) is 2. The van der Waals surface area contributed by atoms with Crippen molar-refractivity contribution in [1.29, 1.82) is 0 Å². The maximum absolute atomic E-state index is 12.9. The Morgan fingerprint density at radius 1 is 1.22 bits per heavy atom. The van der Waals surface area contributed by atoms with Gasteiger partial charge in [0.15, 0.2) is 0 Å². The SMILES string of the molecule is O=C(Nc1ccccc1C(F)(F)F)NC1C2CCC(C2)C1CO. The number of carbonyl (C=O) groups is 1. The molecule has 2 fully saturated rings. The lowest BCUT2D eigenvalue weighted by molar-refractivity contribution is -0.136. The first-order valence-corrected chi connectivity index (χ1v) is 7.74. The monoisotopic (exact) mass is 328 g/mol. The summed E-state index contributed by atoms with van der Waals surface area (Å²) >= 11 is 0. The Bertz CT molecular complexity index is 591. The Kier molecular flexibility index (Phi) is 4.23. The fourth-order valence-electron chi connectivity index (χ4n) is 4.05. The van der Waals surface area contributed by atoms with Crippen LogP contribution in [0.2, 0.25) is 0 Å². The number of para-hydroxylation sites is 1. The molecule has 4 atom stereocenters. The fourth-order valence-corrected chi connectivity index (χ4v) is 4.05. The van der Waals surface area contributed by atoms with Gasteiger partial charge in [-0.3, -0.25) is 0 Å². The number of amides is 2. The van der Waals surface area contributed by atoms with Crippen molar-refractivity contribution in [2.24, 2.45) is 17.8 Å². The Morgan fingerprint density at radius 3 is 2.61 bits per heavy atom. The number of urea groups is 1. The Hall–Kier alpha value is -1.76. The second-order valence-corrected chi connectivity index (χ2v) is 6.35. The number of alkyl halides is 3. The van der Waals surface area contributed by atoms with Crippen molar-refractivity contribution in [2.45, 2.75) is 31.5 Å². The summed E-state index contributed by atoms with van der Waals surface area (Å²) in [5, 5.41) is 14.5. The maximum Gasteiger partial charge on any atom is 0.418 e. The lowest BCUT2D eigenvalue weighted by Crippen LogP contribution is -2.47. The summed E-state index contributed by atoms with van der Waals surface area (Å²) in [6.45, 7) is -0.00868. The molecule has 3 rings (SSSR count). The molecule has 2 aliphatic rings. The van der Waals surface area contributed by atoms with Crippen LogP contribution in [0, 0.1) is 17.8 Å². The number of nitrogens with one attached hydrogen (secondary N) is 2. The summed E-state index contributed by atoms with van der Waals surface area (Å²) in [4.78, 5) is 12.1. The minimum atomic E-state index is -4.52. The fraction of sp³-hybridized carbons (Fsp3) is 0.562. The molecule has 7 heteroatoms. The summed E-state index contributed by atoms with van der Waals surface area (Å²) in [7, 11) is 0. The van der Waals surface area contributed by atoms with Crippen molar-refractivity contribution >= 4 is 11.7 Å². The molecule has 126 valence electrons. The number of aliphatic hydroxyl groups excluding tert-OH is 1. The van der Waals surface area contributed by atoms with Gasteiger partial charge in [0, 0.05) is 18.6 Å². The zero-order chi connectivity index (χ0) is 16.6. The standard InChI is InChI=1S/C16H19F3N2O2/c17-16(18,19)12-3-1-2-4-13(12)20-15(23)21-14-10-6-5-9(7-10)11(14)8-22/h1-4,9-11,14,22H,5-8H2,(H2,20,21,23). The molecule has 2 saturated carbocycles. The van der Waals surface area contributed by atoms with Gasteiger partial charge in [-0.15, -0.1) is 0 Å². The first kappa shape index (κ1) is 16.1. The first-order chi connectivity index (χ1) is 10.9. The average molecular weight is 328 g/mol. The molecule has 3 N–H and O–H groups in total. The lowest BCUT2D eigenvalue weighted by atomic mass is 9.85. The molecule has 23 heavy (non-hydrogen) atoms. The predicted molar refractivity (Wildman–Crippen MR) is 78.8 cm³/mol. The Labute approximate surface area is 132 Å². The van der Waals surface area contributed by atoms with E-state index in [1.807, 2.05) is 0 Å². The van der Waals surface area contributed by atoms with Gasteiger partial charge in [-0.2, -0.15) is 13.2 Å². The third-order valence-electron chi connectivity index (χ3n) is 5.08. The van der Waals surface area contributed by atoms with E-state index in [1.54, 1.807) is 0 Å². The van der Waals surface area contributed by atoms with Crippen LogP contribution in [0.4, 0.5) is 23.7 Å². The molecular formula is C16H19F3N2O2. The molecule has 0 spiro atoms. The van der Waals surface area contributed by atoms with E-state index < -0.39 is 17.8 Å². The van der Waals surface area contributed by atoms with Gasteiger partial charge in [0.2, 0.25) is 0 Å². The summed E-state index contributed by atoms with van der Waals surface area (Å²) in [6, 6.07) is 4.06. The minimum absolute atomic E-state index is 0.00244. The number of anilines is 1. The van der Waals surface area contributed by atoms with E-state index in [4.69, 9.17) is 0 Å². The van der Waals surface area contributed by atoms with Crippen molar-refractivity contribution in [1.82, 2.24) is 5.32 Å². The van der Waals surface area contributed by atoms with E-state index in [-0.39, 0.29) is 24.3 Å². The van der Waals surface area contributed by atoms with Crippen LogP contribution in [0.1, 0.15) is 24.8 Å². The highest BCUT2D eigenvalue weighted by Crippen LogP contribution is 2.48. The highest BCUT2D eigenvalue weighted by atomic mass is 19.4. The third kappa shape index (κ3) is 3.15. The Morgan fingerprint density at radius 2 is 1.91 bits per heavy atom. The van der Waals surface area contributed by atoms with Gasteiger partial charge in [0.25, 0.3) is 0 Å². The van der Waals surface area contributed by atoms with Crippen molar-refractivity contribution < 1.29 is 23.1 Å². The Balaban J connectivity index is 1.69. The molecule has 2 bridgehead atoms. The quantitative estimate of drug-likeness (QED) is 0.798. The molecule has 1 aromatic rings. The van der Waals surface area contributed by atoms with Crippen molar-refractivity contribution in [3.63, 3.8) is 0 Å². The number of aliphatic hydroxyl groups is 1. The van der Waals surface area contributed by atoms with E-state index in [0.29, 0.717) is 11.8 Å². The molecule has 0 saturated heterocycles. The molecule has 0 heterocycles. The largest absolute Gasteiger partial charge is 0.418 e. The average Bonchev–Trinajstić information content (AvgIpc) is 3.07. The normalized spacial score (nSPS) is 29.6. The lowest BCUT2D eigenvalue weighted by Gasteiger charge is -2.30. The molecule has 0 aromatic heterocycles. The predicted octanol–water partition coefficient (Wildman–Crippen LogP) is 3.23. The van der Waals surface area contributed by atoms with Gasteiger partial charge in [-0.1, -0.05) is 12.1 Å². The van der Waals surface area contributed by atoms with Crippen molar-refractivity contribution in [3.05, 3.63) is 29.8 Å². The zero-order valence-corrected chi connectivity index (χ0v) is 12.4. The van der Waals surface area contributed by atoms with E-state index >= 15 is 0 Å². The molecule has 0 aliphatic heterocycles. The highest BCUT2D eigenvalue weighted by Gasteiger charge is 2.47. The van der Waals surface area contributed by atoms with E-state index in [2.05, 4.69) is 10.6 Å². The number of hydrogen-bond donors (Lipinski definition) is 3. The number of rotatable bonds is 3. The molecule has 0 radical (unpaired) electrons. The summed E-state index contributed by atoms with van der Waals surface area (Å²) in [5.41, 5.74) is -1.14. The third-order valence-corrected chi connectivity index (χ3v) is 5.08. The molecule has 4 unspecified atom stereocenters. The van der Waals surface area contributed by atoms with Crippen LogP contribution in [0.3, 0.4) is 0 Å². The second kappa shape index (κ2) is 6.03. The van der Waals surface area contributed by atoms with Crippen LogP contribution in [0.15, 0.2) is 24.3 Å². The number of fused-ring (bicyclic) bond motifs is 2. The molecular weight excluding hydrogens is 309 g/mol. The smallest absolute Gasteiger partial charge is 0.396 e. The van der Waals surface area contributed by atoms with Crippen LogP contribution in [0.25, 0.3) is 0 Å². The van der Waals surface area contributed by atoms with Crippen molar-refractivity contribution in [2.75, 3.05) is 11.9 Å². The number of halogens is 3. The van der Waals surface area contributed by atoms with E-state index in [1.165, 1.54) is 18.2 Å². The van der Waals surface area contributed by atoms with E-state index in [0.717, 1.165) is 25.3 Å². The maximum atomic E-state index is 12.9. The van der Waals surface area contributed by atoms with Gasteiger partial charge in [0.1, 0.15) is 0 Å². The van der Waals surface area contributed by atoms with Crippen LogP contribution in [-0.4, -0.2) is 23.8 Å². The number of carbonyl (C=O) groups excluding carboxylic acids is 1. The molecule has 2 aliphatic carbocycles. The summed E-state index contributed by atoms with van der Waals surface area (Å²) in [5.74, 6) is 0.705. The molecule has 1 aromatic carbocycles. The molecule has 4 nitrogen and oxygen atoms in total. The van der Waals surface area contributed by atoms with Crippen LogP contribution in [-0.2, 0) is 6.18 Å². The van der Waals surface area contributed by atoms with Crippen LogP contribution in [0.5, 0.6) is 0 Å². The van der Waals surface area contributed by atoms with Crippen LogP contribution < -0.4 is 10.6 Å². The highest BCUT2D eigenvalue weighted by molar-refractivity contribution is 5.90.